The molecule has 1 amide bonds. The molecule has 186 valence electrons. The summed E-state index contributed by atoms with van der Waals surface area (Å²) in [5.74, 6) is 0.0274. The molecular weight excluding hydrogens is 454 g/mol. The first-order valence-corrected chi connectivity index (χ1v) is 11.0. The van der Waals surface area contributed by atoms with Crippen molar-refractivity contribution in [2.24, 2.45) is 0 Å². The molecule has 10 nitrogen and oxygen atoms in total. The summed E-state index contributed by atoms with van der Waals surface area (Å²) in [4.78, 5) is 36.4. The Labute approximate surface area is 203 Å². The van der Waals surface area contributed by atoms with Crippen molar-refractivity contribution in [1.29, 1.82) is 0 Å². The van der Waals surface area contributed by atoms with Gasteiger partial charge in [-0.25, -0.2) is 4.79 Å². The summed E-state index contributed by atoms with van der Waals surface area (Å²) in [5, 5.41) is 23.0. The van der Waals surface area contributed by atoms with E-state index in [1.165, 1.54) is 24.3 Å². The Balaban J connectivity index is 2.21. The number of allylic oxidation sites excluding steroid dienone is 1. The molecule has 0 atom stereocenters. The summed E-state index contributed by atoms with van der Waals surface area (Å²) in [5.41, 5.74) is 2.48. The molecular formula is C25H29N3O7. The molecule has 0 unspecified atom stereocenters. The van der Waals surface area contributed by atoms with Crippen LogP contribution in [0.2, 0.25) is 0 Å². The molecule has 0 bridgehead atoms. The van der Waals surface area contributed by atoms with Crippen LogP contribution in [0.4, 0.5) is 16.2 Å². The third-order valence-electron chi connectivity index (χ3n) is 5.16. The maximum Gasteiger partial charge on any atom is 0.519 e. The molecule has 0 aliphatic carbocycles. The van der Waals surface area contributed by atoms with E-state index in [0.717, 1.165) is 16.8 Å². The number of rotatable bonds is 11. The van der Waals surface area contributed by atoms with Gasteiger partial charge in [-0.3, -0.25) is 14.9 Å². The second-order valence-corrected chi connectivity index (χ2v) is 7.35. The van der Waals surface area contributed by atoms with E-state index in [1.807, 2.05) is 19.9 Å². The minimum Gasteiger partial charge on any atom is -0.395 e. The molecule has 2 rings (SSSR count). The van der Waals surface area contributed by atoms with Gasteiger partial charge in [-0.15, -0.1) is 0 Å². The number of carbonyl (C=O) groups excluding carboxylic acids is 2. The van der Waals surface area contributed by atoms with Gasteiger partial charge in [0.2, 0.25) is 0 Å². The molecule has 2 aromatic rings. The van der Waals surface area contributed by atoms with Gasteiger partial charge in [-0.05, 0) is 49.2 Å². The molecule has 0 aromatic heterocycles. The van der Waals surface area contributed by atoms with Crippen LogP contribution in [-0.4, -0.2) is 53.7 Å². The first-order valence-electron chi connectivity index (χ1n) is 11.0. The highest BCUT2D eigenvalue weighted by Gasteiger charge is 2.16. The fourth-order valence-electron chi connectivity index (χ4n) is 3.23. The second-order valence-electron chi connectivity index (χ2n) is 7.35. The van der Waals surface area contributed by atoms with Crippen molar-refractivity contribution in [3.8, 4) is 11.5 Å². The van der Waals surface area contributed by atoms with Crippen molar-refractivity contribution in [1.82, 2.24) is 4.90 Å². The van der Waals surface area contributed by atoms with Gasteiger partial charge < -0.3 is 24.8 Å². The number of non-ortho nitro benzene ring substituents is 1. The zero-order chi connectivity index (χ0) is 26.0. The molecule has 0 radical (unpaired) electrons. The van der Waals surface area contributed by atoms with E-state index >= 15 is 0 Å². The molecule has 0 saturated carbocycles. The van der Waals surface area contributed by atoms with E-state index < -0.39 is 17.7 Å². The van der Waals surface area contributed by atoms with Crippen molar-refractivity contribution in [2.45, 2.75) is 20.3 Å². The molecule has 0 fully saturated rings. The number of likely N-dealkylation sites (N-methyl/N-ethyl adjacent to an activating group) is 1. The van der Waals surface area contributed by atoms with Crippen LogP contribution >= 0.6 is 0 Å². The van der Waals surface area contributed by atoms with Gasteiger partial charge >= 0.3 is 6.16 Å². The number of nitro benzene ring substituents is 1. The van der Waals surface area contributed by atoms with Gasteiger partial charge in [0.1, 0.15) is 11.5 Å². The third-order valence-corrected chi connectivity index (χ3v) is 5.16. The van der Waals surface area contributed by atoms with Crippen LogP contribution < -0.4 is 14.8 Å². The number of aliphatic hydroxyl groups excluding tert-OH is 1. The van der Waals surface area contributed by atoms with E-state index in [2.05, 4.69) is 11.9 Å². The average molecular weight is 484 g/mol. The third kappa shape index (κ3) is 7.41. The van der Waals surface area contributed by atoms with E-state index in [0.29, 0.717) is 19.5 Å². The van der Waals surface area contributed by atoms with Gasteiger partial charge in [0.05, 0.1) is 11.5 Å². The maximum absolute atomic E-state index is 12.4. The van der Waals surface area contributed by atoms with Gasteiger partial charge in [0, 0.05) is 49.1 Å². The summed E-state index contributed by atoms with van der Waals surface area (Å²) in [7, 11) is 1.77. The van der Waals surface area contributed by atoms with Crippen LogP contribution in [-0.2, 0) is 4.79 Å². The molecule has 0 aliphatic rings. The van der Waals surface area contributed by atoms with Crippen LogP contribution in [0.5, 0.6) is 11.5 Å². The quantitative estimate of drug-likeness (QED) is 0.158. The molecule has 0 spiro atoms. The Morgan fingerprint density at radius 1 is 1.14 bits per heavy atom. The molecule has 0 saturated heterocycles. The fourth-order valence-corrected chi connectivity index (χ4v) is 3.23. The highest BCUT2D eigenvalue weighted by atomic mass is 16.7. The Kier molecular flexibility index (Phi) is 9.98. The summed E-state index contributed by atoms with van der Waals surface area (Å²) in [6.45, 7) is 7.75. The van der Waals surface area contributed by atoms with E-state index in [-0.39, 0.29) is 28.7 Å². The number of hydrogen-bond donors (Lipinski definition) is 2. The predicted octanol–water partition coefficient (Wildman–Crippen LogP) is 4.40. The Bertz CT molecular complexity index is 1110. The van der Waals surface area contributed by atoms with Crippen LogP contribution in [0.15, 0.2) is 60.7 Å². The largest absolute Gasteiger partial charge is 0.519 e. The predicted molar refractivity (Wildman–Crippen MR) is 132 cm³/mol. The van der Waals surface area contributed by atoms with Crippen molar-refractivity contribution in [2.75, 3.05) is 32.1 Å². The number of carbonyl (C=O) groups is 2. The molecule has 2 aromatic carbocycles. The SMILES string of the molecule is C=C(CO)C(=O)N(CC)C/C=C(\CC)c1cc(OC(=O)Oc2ccc([N+](=O)[O-])cc2)ccc1NC. The standard InChI is InChI=1S/C25H29N3O7/c1-5-18(13-14-27(6-2)24(30)17(3)16-29)22-15-21(11-12-23(22)26-4)35-25(31)34-20-9-7-19(8-10-20)28(32)33/h7-13,15,26,29H,3,5-6,14,16H2,1-2,4H3/b18-13+. The fraction of sp³-hybridized carbons (Fsp3) is 0.280. The zero-order valence-corrected chi connectivity index (χ0v) is 19.9. The highest BCUT2D eigenvalue weighted by molar-refractivity contribution is 5.93. The Morgan fingerprint density at radius 3 is 2.31 bits per heavy atom. The minimum atomic E-state index is -0.991. The lowest BCUT2D eigenvalue weighted by atomic mass is 10.0. The number of amides is 1. The normalized spacial score (nSPS) is 10.9. The van der Waals surface area contributed by atoms with Gasteiger partial charge in [-0.2, -0.15) is 0 Å². The minimum absolute atomic E-state index is 0.107. The summed E-state index contributed by atoms with van der Waals surface area (Å²) < 4.78 is 10.4. The lowest BCUT2D eigenvalue weighted by Crippen LogP contribution is -2.32. The number of nitrogens with zero attached hydrogens (tertiary/aromatic N) is 2. The van der Waals surface area contributed by atoms with E-state index in [9.17, 15) is 24.8 Å². The lowest BCUT2D eigenvalue weighted by molar-refractivity contribution is -0.384. The van der Waals surface area contributed by atoms with E-state index in [4.69, 9.17) is 9.47 Å². The van der Waals surface area contributed by atoms with Crippen molar-refractivity contribution >= 4 is 29.0 Å². The van der Waals surface area contributed by atoms with Gasteiger partial charge in [0.15, 0.2) is 0 Å². The summed E-state index contributed by atoms with van der Waals surface area (Å²) in [6.07, 6.45) is 1.55. The van der Waals surface area contributed by atoms with Crippen molar-refractivity contribution in [3.05, 3.63) is 76.4 Å². The van der Waals surface area contributed by atoms with Gasteiger partial charge in [-0.1, -0.05) is 19.6 Å². The topological polar surface area (TPSA) is 131 Å². The highest BCUT2D eigenvalue weighted by Crippen LogP contribution is 2.30. The number of aliphatic hydroxyl groups is 1. The maximum atomic E-state index is 12.4. The molecule has 2 N–H and O–H groups in total. The van der Waals surface area contributed by atoms with Crippen LogP contribution in [0.3, 0.4) is 0 Å². The number of nitrogens with one attached hydrogen (secondary N) is 1. The van der Waals surface area contributed by atoms with Crippen molar-refractivity contribution < 1.29 is 29.1 Å². The van der Waals surface area contributed by atoms with Crippen LogP contribution in [0.1, 0.15) is 25.8 Å². The number of anilines is 1. The monoisotopic (exact) mass is 483 g/mol. The first kappa shape index (κ1) is 27.1. The first-order chi connectivity index (χ1) is 16.7. The zero-order valence-electron chi connectivity index (χ0n) is 19.9. The molecule has 35 heavy (non-hydrogen) atoms. The summed E-state index contributed by atoms with van der Waals surface area (Å²) >= 11 is 0. The molecule has 10 heteroatoms. The number of benzene rings is 2. The van der Waals surface area contributed by atoms with Crippen LogP contribution in [0.25, 0.3) is 5.57 Å². The van der Waals surface area contributed by atoms with Crippen molar-refractivity contribution in [3.63, 3.8) is 0 Å². The Hall–Kier alpha value is -4.18. The number of hydrogen-bond acceptors (Lipinski definition) is 8. The van der Waals surface area contributed by atoms with Gasteiger partial charge in [0.25, 0.3) is 11.6 Å². The van der Waals surface area contributed by atoms with E-state index in [1.54, 1.807) is 30.1 Å². The molecule has 0 aliphatic heterocycles. The van der Waals surface area contributed by atoms with Crippen LogP contribution in [0, 0.1) is 10.1 Å². The number of ether oxygens (including phenoxy) is 2. The smallest absolute Gasteiger partial charge is 0.395 e. The Morgan fingerprint density at radius 2 is 1.77 bits per heavy atom. The average Bonchev–Trinajstić information content (AvgIpc) is 2.86. The molecule has 0 heterocycles. The summed E-state index contributed by atoms with van der Waals surface area (Å²) in [6, 6.07) is 10.1. The number of nitro groups is 1. The second kappa shape index (κ2) is 12.9. The lowest BCUT2D eigenvalue weighted by Gasteiger charge is -2.21.